The molecule has 8 aliphatic carbocycles. The molecule has 0 heterocycles. The lowest BCUT2D eigenvalue weighted by molar-refractivity contribution is 0.0131. The molecule has 28 heavy (non-hydrogen) atoms. The fourth-order valence-electron chi connectivity index (χ4n) is 10.2. The molecule has 0 radical (unpaired) electrons. The second kappa shape index (κ2) is 5.50. The van der Waals surface area contributed by atoms with Crippen molar-refractivity contribution in [2.24, 2.45) is 23.7 Å². The Morgan fingerprint density at radius 3 is 1.14 bits per heavy atom. The summed E-state index contributed by atoms with van der Waals surface area (Å²) in [6, 6.07) is 10.3. The van der Waals surface area contributed by atoms with Gasteiger partial charge in [0.2, 0.25) is 0 Å². The van der Waals surface area contributed by atoms with Crippen molar-refractivity contribution >= 4 is 31.9 Å². The van der Waals surface area contributed by atoms with Gasteiger partial charge in [0.1, 0.15) is 0 Å². The van der Waals surface area contributed by atoms with Gasteiger partial charge in [0, 0.05) is 8.65 Å². The van der Waals surface area contributed by atoms with Crippen molar-refractivity contribution in [3.05, 3.63) is 35.4 Å². The molecule has 2 heteroatoms. The van der Waals surface area contributed by atoms with Crippen molar-refractivity contribution in [1.82, 2.24) is 0 Å². The fraction of sp³-hybridized carbons (Fsp3) is 0.769. The molecule has 4 atom stereocenters. The van der Waals surface area contributed by atoms with Gasteiger partial charge in [-0.2, -0.15) is 0 Å². The van der Waals surface area contributed by atoms with Crippen LogP contribution in [0.3, 0.4) is 0 Å². The van der Waals surface area contributed by atoms with E-state index in [1.165, 1.54) is 77.0 Å². The maximum atomic E-state index is 4.21. The number of benzene rings is 1. The van der Waals surface area contributed by atoms with Crippen molar-refractivity contribution in [3.63, 3.8) is 0 Å². The summed E-state index contributed by atoms with van der Waals surface area (Å²) < 4.78 is 0.913. The summed E-state index contributed by atoms with van der Waals surface area (Å²) in [6.45, 7) is 0. The molecule has 0 nitrogen and oxygen atoms in total. The number of rotatable bonds is 2. The van der Waals surface area contributed by atoms with Gasteiger partial charge < -0.3 is 0 Å². The molecule has 1 aromatic carbocycles. The highest BCUT2D eigenvalue weighted by Crippen LogP contribution is 2.66. The van der Waals surface area contributed by atoms with Crippen molar-refractivity contribution in [1.29, 1.82) is 0 Å². The zero-order valence-electron chi connectivity index (χ0n) is 16.9. The molecule has 0 saturated heterocycles. The summed E-state index contributed by atoms with van der Waals surface area (Å²) in [7, 11) is 0. The SMILES string of the molecule is BrC12CC3CC(C1)CC(c1ccc(C45CC6CC(CC(Br)(C6)C4)C5)cc1)(C3)C2. The van der Waals surface area contributed by atoms with Crippen molar-refractivity contribution in [3.8, 4) is 0 Å². The van der Waals surface area contributed by atoms with E-state index in [0.717, 1.165) is 23.7 Å². The van der Waals surface area contributed by atoms with Crippen molar-refractivity contribution in [2.75, 3.05) is 0 Å². The number of alkyl halides is 2. The Hall–Kier alpha value is 0.180. The molecular formula is C26H32Br2. The van der Waals surface area contributed by atoms with Crippen LogP contribution in [0.2, 0.25) is 0 Å². The van der Waals surface area contributed by atoms with Crippen LogP contribution in [0.5, 0.6) is 0 Å². The van der Waals surface area contributed by atoms with Crippen molar-refractivity contribution < 1.29 is 0 Å². The van der Waals surface area contributed by atoms with Gasteiger partial charge in [-0.25, -0.2) is 0 Å². The second-order valence-corrected chi connectivity index (χ2v) is 15.7. The Kier molecular flexibility index (Phi) is 3.50. The second-order valence-electron chi connectivity index (χ2n) is 12.4. The molecule has 8 saturated carbocycles. The Morgan fingerprint density at radius 2 is 0.857 bits per heavy atom. The third-order valence-electron chi connectivity index (χ3n) is 10.1. The van der Waals surface area contributed by atoms with E-state index in [2.05, 4.69) is 56.1 Å². The van der Waals surface area contributed by atoms with Crippen LogP contribution in [0.25, 0.3) is 0 Å². The van der Waals surface area contributed by atoms with Crippen LogP contribution in [0.4, 0.5) is 0 Å². The molecule has 0 N–H and O–H groups in total. The van der Waals surface area contributed by atoms with E-state index < -0.39 is 0 Å². The van der Waals surface area contributed by atoms with Gasteiger partial charge in [-0.15, -0.1) is 0 Å². The topological polar surface area (TPSA) is 0 Å². The highest BCUT2D eigenvalue weighted by molar-refractivity contribution is 9.10. The average Bonchev–Trinajstić information content (AvgIpc) is 2.57. The lowest BCUT2D eigenvalue weighted by Crippen LogP contribution is -2.55. The lowest BCUT2D eigenvalue weighted by Gasteiger charge is -2.61. The first kappa shape index (κ1) is 17.8. The zero-order valence-corrected chi connectivity index (χ0v) is 20.0. The standard InChI is InChI=1S/C26H32Br2/c27-25-11-17-5-18(12-25)8-23(7-17,15-25)21-1-2-22(4-3-21)24-9-19-6-20(10-24)14-26(28,13-19)16-24/h1-4,17-20H,5-16H2. The number of hydrogen-bond donors (Lipinski definition) is 0. The van der Waals surface area contributed by atoms with Gasteiger partial charge in [0.05, 0.1) is 0 Å². The Morgan fingerprint density at radius 1 is 0.536 bits per heavy atom. The van der Waals surface area contributed by atoms with Gasteiger partial charge in [0.25, 0.3) is 0 Å². The summed E-state index contributed by atoms with van der Waals surface area (Å²) in [5.41, 5.74) is 4.30. The van der Waals surface area contributed by atoms with Crippen LogP contribution in [0.1, 0.15) is 88.2 Å². The van der Waals surface area contributed by atoms with E-state index >= 15 is 0 Å². The largest absolute Gasteiger partial charge is 0.0853 e. The minimum atomic E-state index is 0.456. The van der Waals surface area contributed by atoms with Gasteiger partial charge in [-0.3, -0.25) is 0 Å². The molecule has 1 aromatic rings. The average molecular weight is 504 g/mol. The molecule has 150 valence electrons. The molecule has 0 aromatic heterocycles. The number of halogens is 2. The molecule has 8 bridgehead atoms. The fourth-order valence-corrected chi connectivity index (χ4v) is 13.1. The maximum absolute atomic E-state index is 4.21. The summed E-state index contributed by atoms with van der Waals surface area (Å²) in [4.78, 5) is 0. The molecular weight excluding hydrogens is 472 g/mol. The van der Waals surface area contributed by atoms with Gasteiger partial charge in [-0.05, 0) is 123 Å². The Bertz CT molecular complexity index is 726. The lowest BCUT2D eigenvalue weighted by atomic mass is 9.47. The third kappa shape index (κ3) is 2.46. The predicted molar refractivity (Wildman–Crippen MR) is 122 cm³/mol. The summed E-state index contributed by atoms with van der Waals surface area (Å²) in [6.07, 6.45) is 17.3. The molecule has 8 fully saturated rings. The van der Waals surface area contributed by atoms with Gasteiger partial charge >= 0.3 is 0 Å². The van der Waals surface area contributed by atoms with E-state index in [4.69, 9.17) is 0 Å². The summed E-state index contributed by atoms with van der Waals surface area (Å²) in [5.74, 6) is 3.88. The van der Waals surface area contributed by atoms with E-state index in [1.807, 2.05) is 0 Å². The van der Waals surface area contributed by atoms with E-state index in [9.17, 15) is 0 Å². The Balaban J connectivity index is 1.23. The highest BCUT2D eigenvalue weighted by atomic mass is 79.9. The van der Waals surface area contributed by atoms with Crippen LogP contribution < -0.4 is 0 Å². The molecule has 9 rings (SSSR count). The third-order valence-corrected chi connectivity index (χ3v) is 11.9. The molecule has 8 aliphatic rings. The van der Waals surface area contributed by atoms with Gasteiger partial charge in [-0.1, -0.05) is 56.1 Å². The highest BCUT2D eigenvalue weighted by Gasteiger charge is 2.59. The molecule has 4 unspecified atom stereocenters. The Labute approximate surface area is 186 Å². The van der Waals surface area contributed by atoms with E-state index in [1.54, 1.807) is 11.1 Å². The summed E-state index contributed by atoms with van der Waals surface area (Å²) in [5, 5.41) is 0. The van der Waals surface area contributed by atoms with E-state index in [-0.39, 0.29) is 0 Å². The minimum absolute atomic E-state index is 0.456. The minimum Gasteiger partial charge on any atom is -0.0853 e. The monoisotopic (exact) mass is 502 g/mol. The molecule has 0 amide bonds. The maximum Gasteiger partial charge on any atom is 0.0271 e. The van der Waals surface area contributed by atoms with Crippen LogP contribution in [0.15, 0.2) is 24.3 Å². The number of hydrogen-bond acceptors (Lipinski definition) is 0. The predicted octanol–water partition coefficient (Wildman–Crippen LogP) is 7.66. The first-order valence-corrected chi connectivity index (χ1v) is 13.4. The summed E-state index contributed by atoms with van der Waals surface area (Å²) >= 11 is 8.43. The first-order valence-electron chi connectivity index (χ1n) is 11.8. The smallest absolute Gasteiger partial charge is 0.0271 e. The van der Waals surface area contributed by atoms with Crippen LogP contribution in [-0.4, -0.2) is 8.65 Å². The van der Waals surface area contributed by atoms with Crippen LogP contribution in [0, 0.1) is 23.7 Å². The van der Waals surface area contributed by atoms with Crippen LogP contribution in [-0.2, 0) is 10.8 Å². The normalized spacial score (nSPS) is 55.8. The molecule has 0 spiro atoms. The quantitative estimate of drug-likeness (QED) is 0.363. The zero-order chi connectivity index (χ0) is 18.8. The molecule has 0 aliphatic heterocycles. The van der Waals surface area contributed by atoms with Gasteiger partial charge in [0.15, 0.2) is 0 Å². The first-order chi connectivity index (χ1) is 13.4. The van der Waals surface area contributed by atoms with E-state index in [0.29, 0.717) is 19.5 Å². The van der Waals surface area contributed by atoms with Crippen molar-refractivity contribution in [2.45, 2.75) is 96.5 Å². The van der Waals surface area contributed by atoms with Crippen LogP contribution >= 0.6 is 31.9 Å².